The summed E-state index contributed by atoms with van der Waals surface area (Å²) < 4.78 is 13.1. The molecule has 0 aromatic heterocycles. The maximum Gasteiger partial charge on any atom is 0.124 e. The van der Waals surface area contributed by atoms with E-state index >= 15 is 0 Å². The molecule has 1 N–H and O–H groups in total. The van der Waals surface area contributed by atoms with Crippen LogP contribution in [0.5, 0.6) is 0 Å². The molecular formula is C18H21ClFN. The van der Waals surface area contributed by atoms with Gasteiger partial charge in [0.25, 0.3) is 0 Å². The third kappa shape index (κ3) is 4.29. The predicted molar refractivity (Wildman–Crippen MR) is 87.1 cm³/mol. The molecule has 0 aliphatic carbocycles. The summed E-state index contributed by atoms with van der Waals surface area (Å²) in [5.41, 5.74) is 2.26. The second-order valence-corrected chi connectivity index (χ2v) is 5.77. The molecule has 0 saturated heterocycles. The van der Waals surface area contributed by atoms with Crippen molar-refractivity contribution in [3.63, 3.8) is 0 Å². The largest absolute Gasteiger partial charge is 0.310 e. The van der Waals surface area contributed by atoms with Crippen LogP contribution in [0.1, 0.15) is 31.0 Å². The van der Waals surface area contributed by atoms with Crippen LogP contribution in [0.25, 0.3) is 0 Å². The molecule has 0 heterocycles. The SMILES string of the molecule is CCNC(c1ccccc1)C(C)Cc1ccc(F)cc1Cl. The highest BCUT2D eigenvalue weighted by Crippen LogP contribution is 2.28. The fraction of sp³-hybridized carbons (Fsp3) is 0.333. The number of hydrogen-bond donors (Lipinski definition) is 1. The quantitative estimate of drug-likeness (QED) is 0.791. The maximum absolute atomic E-state index is 13.1. The number of benzene rings is 2. The number of nitrogens with one attached hydrogen (secondary N) is 1. The van der Waals surface area contributed by atoms with Crippen LogP contribution in [0.2, 0.25) is 5.02 Å². The molecule has 0 spiro atoms. The number of halogens is 2. The number of hydrogen-bond acceptors (Lipinski definition) is 1. The molecule has 3 heteroatoms. The van der Waals surface area contributed by atoms with E-state index < -0.39 is 0 Å². The Morgan fingerprint density at radius 2 is 1.86 bits per heavy atom. The fourth-order valence-electron chi connectivity index (χ4n) is 2.68. The van der Waals surface area contributed by atoms with Crippen molar-refractivity contribution < 1.29 is 4.39 Å². The van der Waals surface area contributed by atoms with Gasteiger partial charge in [0.15, 0.2) is 0 Å². The molecule has 0 fully saturated rings. The summed E-state index contributed by atoms with van der Waals surface area (Å²) in [5.74, 6) is 0.0676. The van der Waals surface area contributed by atoms with E-state index in [2.05, 4.69) is 43.4 Å². The molecule has 2 aromatic rings. The first-order chi connectivity index (χ1) is 10.1. The van der Waals surface area contributed by atoms with E-state index in [0.29, 0.717) is 10.9 Å². The van der Waals surface area contributed by atoms with Crippen LogP contribution in [0.3, 0.4) is 0 Å². The Morgan fingerprint density at radius 3 is 2.48 bits per heavy atom. The Labute approximate surface area is 131 Å². The Bertz CT molecular complexity index is 571. The van der Waals surface area contributed by atoms with Gasteiger partial charge in [-0.3, -0.25) is 0 Å². The van der Waals surface area contributed by atoms with Gasteiger partial charge in [-0.25, -0.2) is 4.39 Å². The van der Waals surface area contributed by atoms with Gasteiger partial charge in [0.05, 0.1) is 0 Å². The highest BCUT2D eigenvalue weighted by atomic mass is 35.5. The minimum Gasteiger partial charge on any atom is -0.310 e. The molecule has 0 bridgehead atoms. The van der Waals surface area contributed by atoms with Gasteiger partial charge in [-0.05, 0) is 42.1 Å². The number of rotatable bonds is 6. The third-order valence-electron chi connectivity index (χ3n) is 3.71. The van der Waals surface area contributed by atoms with Crippen molar-refractivity contribution in [2.75, 3.05) is 6.54 Å². The molecule has 2 unspecified atom stereocenters. The summed E-state index contributed by atoms with van der Waals surface area (Å²) in [7, 11) is 0. The molecule has 2 rings (SSSR count). The average molecular weight is 306 g/mol. The van der Waals surface area contributed by atoms with Gasteiger partial charge in [-0.1, -0.05) is 61.8 Å². The van der Waals surface area contributed by atoms with Crippen molar-refractivity contribution in [3.05, 3.63) is 70.5 Å². The average Bonchev–Trinajstić information content (AvgIpc) is 2.48. The maximum atomic E-state index is 13.1. The predicted octanol–water partition coefficient (Wildman–Crippen LogP) is 5.01. The van der Waals surface area contributed by atoms with Crippen LogP contribution < -0.4 is 5.32 Å². The van der Waals surface area contributed by atoms with E-state index in [9.17, 15) is 4.39 Å². The van der Waals surface area contributed by atoms with Crippen LogP contribution >= 0.6 is 11.6 Å². The normalized spacial score (nSPS) is 13.9. The lowest BCUT2D eigenvalue weighted by Gasteiger charge is -2.26. The Hall–Kier alpha value is -1.38. The summed E-state index contributed by atoms with van der Waals surface area (Å²) in [6.07, 6.45) is 0.811. The molecule has 0 radical (unpaired) electrons. The Balaban J connectivity index is 2.17. The van der Waals surface area contributed by atoms with Gasteiger partial charge < -0.3 is 5.32 Å². The van der Waals surface area contributed by atoms with Crippen LogP contribution in [0.4, 0.5) is 4.39 Å². The van der Waals surface area contributed by atoms with Crippen molar-refractivity contribution in [1.82, 2.24) is 5.32 Å². The molecule has 0 saturated carbocycles. The van der Waals surface area contributed by atoms with Gasteiger partial charge in [0, 0.05) is 11.1 Å². The van der Waals surface area contributed by atoms with Crippen LogP contribution in [0.15, 0.2) is 48.5 Å². The van der Waals surface area contributed by atoms with Crippen LogP contribution in [-0.2, 0) is 6.42 Å². The minimum absolute atomic E-state index is 0.261. The van der Waals surface area contributed by atoms with E-state index in [1.165, 1.54) is 17.7 Å². The zero-order valence-corrected chi connectivity index (χ0v) is 13.2. The van der Waals surface area contributed by atoms with E-state index in [4.69, 9.17) is 11.6 Å². The van der Waals surface area contributed by atoms with Gasteiger partial charge in [-0.2, -0.15) is 0 Å². The molecule has 0 aliphatic rings. The standard InChI is InChI=1S/C18H21ClFN/c1-3-21-18(14-7-5-4-6-8-14)13(2)11-15-9-10-16(20)12-17(15)19/h4-10,12-13,18,21H,3,11H2,1-2H3. The van der Waals surface area contributed by atoms with Crippen molar-refractivity contribution >= 4 is 11.6 Å². The van der Waals surface area contributed by atoms with Crippen molar-refractivity contribution in [2.45, 2.75) is 26.3 Å². The van der Waals surface area contributed by atoms with Gasteiger partial charge in [-0.15, -0.1) is 0 Å². The van der Waals surface area contributed by atoms with Crippen LogP contribution in [0, 0.1) is 11.7 Å². The molecule has 2 aromatic carbocycles. The first-order valence-corrected chi connectivity index (χ1v) is 7.72. The van der Waals surface area contributed by atoms with Crippen molar-refractivity contribution in [3.8, 4) is 0 Å². The van der Waals surface area contributed by atoms with Crippen molar-refractivity contribution in [1.29, 1.82) is 0 Å². The zero-order valence-electron chi connectivity index (χ0n) is 12.4. The minimum atomic E-state index is -0.289. The van der Waals surface area contributed by atoms with E-state index in [1.807, 2.05) is 6.07 Å². The molecule has 0 amide bonds. The summed E-state index contributed by atoms with van der Waals surface area (Å²) in [6, 6.07) is 15.3. The molecule has 112 valence electrons. The molecular weight excluding hydrogens is 285 g/mol. The van der Waals surface area contributed by atoms with Gasteiger partial charge >= 0.3 is 0 Å². The first kappa shape index (κ1) is 16.0. The van der Waals surface area contributed by atoms with E-state index in [-0.39, 0.29) is 11.9 Å². The summed E-state index contributed by atoms with van der Waals surface area (Å²) in [5, 5.41) is 4.04. The lowest BCUT2D eigenvalue weighted by molar-refractivity contribution is 0.391. The highest BCUT2D eigenvalue weighted by Gasteiger charge is 2.19. The zero-order chi connectivity index (χ0) is 15.2. The van der Waals surface area contributed by atoms with Gasteiger partial charge in [0.1, 0.15) is 5.82 Å². The topological polar surface area (TPSA) is 12.0 Å². The van der Waals surface area contributed by atoms with E-state index in [0.717, 1.165) is 18.5 Å². The lowest BCUT2D eigenvalue weighted by atomic mass is 9.89. The third-order valence-corrected chi connectivity index (χ3v) is 4.06. The Morgan fingerprint density at radius 1 is 1.14 bits per heavy atom. The van der Waals surface area contributed by atoms with Crippen LogP contribution in [-0.4, -0.2) is 6.54 Å². The Kier molecular flexibility index (Phi) is 5.77. The van der Waals surface area contributed by atoms with Gasteiger partial charge in [0.2, 0.25) is 0 Å². The fourth-order valence-corrected chi connectivity index (χ4v) is 2.92. The molecule has 0 aliphatic heterocycles. The second kappa shape index (κ2) is 7.58. The lowest BCUT2D eigenvalue weighted by Crippen LogP contribution is -2.28. The van der Waals surface area contributed by atoms with E-state index in [1.54, 1.807) is 6.07 Å². The molecule has 2 atom stereocenters. The first-order valence-electron chi connectivity index (χ1n) is 7.34. The summed E-state index contributed by atoms with van der Waals surface area (Å²) >= 11 is 6.14. The van der Waals surface area contributed by atoms with Crippen molar-refractivity contribution in [2.24, 2.45) is 5.92 Å². The monoisotopic (exact) mass is 305 g/mol. The highest BCUT2D eigenvalue weighted by molar-refractivity contribution is 6.31. The molecule has 21 heavy (non-hydrogen) atoms. The summed E-state index contributed by atoms with van der Waals surface area (Å²) in [4.78, 5) is 0. The smallest absolute Gasteiger partial charge is 0.124 e. The summed E-state index contributed by atoms with van der Waals surface area (Å²) in [6.45, 7) is 5.20. The second-order valence-electron chi connectivity index (χ2n) is 5.36. The molecule has 1 nitrogen and oxygen atoms in total.